The average Bonchev–Trinajstić information content (AvgIpc) is 3.99. The van der Waals surface area contributed by atoms with E-state index < -0.39 is 23.3 Å². The van der Waals surface area contributed by atoms with Crippen molar-refractivity contribution in [2.75, 3.05) is 13.7 Å². The predicted molar refractivity (Wildman–Crippen MR) is 262 cm³/mol. The number of ketones is 2. The number of aromatic amines is 2. The molecule has 0 fully saturated rings. The van der Waals surface area contributed by atoms with Gasteiger partial charge in [0.15, 0.2) is 5.78 Å². The van der Waals surface area contributed by atoms with Gasteiger partial charge in [-0.2, -0.15) is 0 Å². The molecule has 358 valence electrons. The molecular weight excluding hydrogens is 829 g/mol. The van der Waals surface area contributed by atoms with Gasteiger partial charge in [0.05, 0.1) is 29.4 Å². The number of fused-ring (bicyclic) bond motifs is 8. The smallest absolute Gasteiger partial charge is 0.351 e. The Hall–Kier alpha value is -4.90. The summed E-state index contributed by atoms with van der Waals surface area (Å²) in [5, 5.41) is 12.4. The van der Waals surface area contributed by atoms with Crippen LogP contribution in [0.5, 0.6) is 0 Å². The van der Waals surface area contributed by atoms with Crippen molar-refractivity contribution in [1.82, 2.24) is 19.9 Å². The van der Waals surface area contributed by atoms with Crippen LogP contribution in [0.15, 0.2) is 29.8 Å². The summed E-state index contributed by atoms with van der Waals surface area (Å²) in [6.07, 6.45) is 14.2. The van der Waals surface area contributed by atoms with Crippen LogP contribution in [0.25, 0.3) is 22.1 Å². The molecule has 7 atom stereocenters. The number of rotatable bonds is 20. The van der Waals surface area contributed by atoms with E-state index in [1.165, 1.54) is 50.5 Å². The molecule has 3 N–H and O–H groups in total. The first-order valence-electron chi connectivity index (χ1n) is 24.8. The zero-order chi connectivity index (χ0) is 48.2. The monoisotopic (exact) mass is 905 g/mol. The fourth-order valence-electron chi connectivity index (χ4n) is 10.8. The van der Waals surface area contributed by atoms with Crippen LogP contribution < -0.4 is 0 Å². The number of aryl methyl sites for hydroxylation is 2. The first-order chi connectivity index (χ1) is 31.3. The third-order valence-electron chi connectivity index (χ3n) is 15.0. The van der Waals surface area contributed by atoms with Crippen LogP contribution >= 0.6 is 0 Å². The van der Waals surface area contributed by atoms with Crippen LogP contribution in [-0.4, -0.2) is 62.3 Å². The SMILES string of the molecule is CCC1c2cc3[nH]c4c(c3C)C(=O)C(O)(C(=O)OC)c4c3nc(cc4[nH]c(cc(n2)C1C)c(C(C)=O)c4C)[C@@H](C)[C@@H]3CCC(=O)OC/C=C(\C)CCC[C@H](C)CCC[C@H](C)CCCC(C)C. The van der Waals surface area contributed by atoms with Crippen molar-refractivity contribution in [3.05, 3.63) is 80.4 Å². The molecular formula is C55H76N4O7. The highest BCUT2D eigenvalue weighted by Gasteiger charge is 2.57. The molecule has 2 aliphatic heterocycles. The van der Waals surface area contributed by atoms with Crippen LogP contribution in [0, 0.1) is 31.6 Å². The second-order valence-corrected chi connectivity index (χ2v) is 20.5. The van der Waals surface area contributed by atoms with Gasteiger partial charge in [-0.15, -0.1) is 0 Å². The molecule has 11 heteroatoms. The lowest BCUT2D eigenvalue weighted by molar-refractivity contribution is -0.157. The van der Waals surface area contributed by atoms with Crippen molar-refractivity contribution in [2.24, 2.45) is 17.8 Å². The van der Waals surface area contributed by atoms with Crippen molar-refractivity contribution < 1.29 is 33.8 Å². The van der Waals surface area contributed by atoms with E-state index in [9.17, 15) is 24.3 Å². The summed E-state index contributed by atoms with van der Waals surface area (Å²) in [4.78, 5) is 72.0. The number of allylic oxidation sites excluding steroid dienone is 1. The molecule has 66 heavy (non-hydrogen) atoms. The first-order valence-corrected chi connectivity index (χ1v) is 24.8. The molecule has 3 unspecified atom stereocenters. The molecule has 0 aromatic carbocycles. The van der Waals surface area contributed by atoms with E-state index in [2.05, 4.69) is 58.4 Å². The molecule has 0 saturated heterocycles. The lowest BCUT2D eigenvalue weighted by Gasteiger charge is -2.23. The van der Waals surface area contributed by atoms with Gasteiger partial charge >= 0.3 is 11.9 Å². The number of esters is 2. The largest absolute Gasteiger partial charge is 0.466 e. The van der Waals surface area contributed by atoms with E-state index in [4.69, 9.17) is 19.4 Å². The molecule has 6 rings (SSSR count). The van der Waals surface area contributed by atoms with Gasteiger partial charge in [-0.05, 0) is 107 Å². The fraction of sp³-hybridized carbons (Fsp3) is 0.600. The minimum atomic E-state index is -2.68. The van der Waals surface area contributed by atoms with E-state index in [0.29, 0.717) is 50.5 Å². The van der Waals surface area contributed by atoms with Crippen LogP contribution in [0.2, 0.25) is 0 Å². The number of ether oxygens (including phenoxy) is 2. The number of H-pyrrole nitrogens is 2. The first kappa shape index (κ1) is 50.5. The summed E-state index contributed by atoms with van der Waals surface area (Å²) in [5.41, 5.74) is 5.47. The molecule has 3 aliphatic rings. The molecule has 0 radical (unpaired) electrons. The zero-order valence-electron chi connectivity index (χ0n) is 41.8. The van der Waals surface area contributed by atoms with E-state index >= 15 is 0 Å². The van der Waals surface area contributed by atoms with Crippen LogP contribution in [-0.2, 0) is 24.7 Å². The highest BCUT2D eigenvalue weighted by atomic mass is 16.5. The number of nitrogens with zero attached hydrogens (tertiary/aromatic N) is 2. The second-order valence-electron chi connectivity index (χ2n) is 20.5. The van der Waals surface area contributed by atoms with Crippen molar-refractivity contribution in [2.45, 2.75) is 182 Å². The highest BCUT2D eigenvalue weighted by Crippen LogP contribution is 2.50. The second kappa shape index (κ2) is 21.4. The molecule has 3 aromatic heterocycles. The lowest BCUT2D eigenvalue weighted by atomic mass is 9.82. The summed E-state index contributed by atoms with van der Waals surface area (Å²) in [6, 6.07) is 5.80. The Balaban J connectivity index is 1.27. The van der Waals surface area contributed by atoms with Gasteiger partial charge in [0.2, 0.25) is 5.78 Å². The number of carbonyl (C=O) groups is 4. The van der Waals surface area contributed by atoms with Gasteiger partial charge in [-0.3, -0.25) is 24.4 Å². The fourth-order valence-corrected chi connectivity index (χ4v) is 10.8. The van der Waals surface area contributed by atoms with Crippen LogP contribution in [0.3, 0.4) is 0 Å². The third-order valence-corrected chi connectivity index (χ3v) is 15.0. The maximum Gasteiger partial charge on any atom is 0.351 e. The number of aliphatic hydroxyl groups is 1. The van der Waals surface area contributed by atoms with Gasteiger partial charge in [-0.25, -0.2) is 4.79 Å². The lowest BCUT2D eigenvalue weighted by Crippen LogP contribution is -2.42. The average molecular weight is 905 g/mol. The Morgan fingerprint density at radius 1 is 0.803 bits per heavy atom. The Bertz CT molecular complexity index is 2510. The molecule has 0 spiro atoms. The number of carbonyl (C=O) groups excluding carboxylic acids is 4. The quantitative estimate of drug-likeness (QED) is 0.0433. The summed E-state index contributed by atoms with van der Waals surface area (Å²) < 4.78 is 10.9. The number of hydrogen-bond donors (Lipinski definition) is 3. The molecule has 8 bridgehead atoms. The third kappa shape index (κ3) is 10.5. The number of nitrogens with one attached hydrogen (secondary N) is 2. The topological polar surface area (TPSA) is 164 Å². The van der Waals surface area contributed by atoms with Gasteiger partial charge in [0.25, 0.3) is 5.60 Å². The normalized spacial score (nSPS) is 21.4. The summed E-state index contributed by atoms with van der Waals surface area (Å²) >= 11 is 0. The van der Waals surface area contributed by atoms with Crippen molar-refractivity contribution >= 4 is 45.6 Å². The van der Waals surface area contributed by atoms with Crippen molar-refractivity contribution in [3.8, 4) is 0 Å². The molecule has 3 aromatic rings. The van der Waals surface area contributed by atoms with E-state index in [0.717, 1.165) is 55.2 Å². The van der Waals surface area contributed by atoms with Crippen molar-refractivity contribution in [3.63, 3.8) is 0 Å². The minimum Gasteiger partial charge on any atom is -0.466 e. The minimum absolute atomic E-state index is 0.0278. The van der Waals surface area contributed by atoms with E-state index in [1.807, 2.05) is 38.1 Å². The molecule has 5 heterocycles. The van der Waals surface area contributed by atoms with E-state index in [-0.39, 0.29) is 60.1 Å². The summed E-state index contributed by atoms with van der Waals surface area (Å²) in [6.45, 7) is 23.1. The standard InChI is InChI=1S/C55H76N4O7/c1-13-39-34(7)41-29-46-48(38(11)60)36(9)43(57-46)27-42-35(8)40(23-24-47(61)66-26-25-33(6)22-16-21-32(5)20-15-19-31(4)18-14-17-30(2)3)51(58-42)50-52-49(53(62)55(50,64)54(63)65-12)37(10)44(59-52)28-45(39)56-41/h25,27-32,34-35,39-40,57,59,64H,13-24,26H2,1-12H3/b33-25+,41-29?,42-27?,43-27?,44-28?,45-28?,46-29?,51-50?/t31-,32-,34?,35+,39?,40+,55?/m1/s1. The van der Waals surface area contributed by atoms with Gasteiger partial charge < -0.3 is 24.5 Å². The summed E-state index contributed by atoms with van der Waals surface area (Å²) in [5.74, 6) is -0.835. The molecule has 0 saturated carbocycles. The Morgan fingerprint density at radius 2 is 1.39 bits per heavy atom. The molecule has 0 amide bonds. The maximum absolute atomic E-state index is 14.5. The van der Waals surface area contributed by atoms with Crippen LogP contribution in [0.1, 0.15) is 223 Å². The Labute approximate surface area is 392 Å². The maximum atomic E-state index is 14.5. The number of hydrogen-bond acceptors (Lipinski definition) is 9. The Kier molecular flexibility index (Phi) is 16.4. The number of Topliss-reactive ketones (excluding diaryl/α,β-unsaturated/α-hetero) is 2. The number of methoxy groups -OCH3 is 1. The summed E-state index contributed by atoms with van der Waals surface area (Å²) in [7, 11) is 1.14. The van der Waals surface area contributed by atoms with Crippen LogP contribution in [0.4, 0.5) is 0 Å². The molecule has 1 aliphatic carbocycles. The molecule has 11 nitrogen and oxygen atoms in total. The van der Waals surface area contributed by atoms with Gasteiger partial charge in [0.1, 0.15) is 6.61 Å². The van der Waals surface area contributed by atoms with Crippen molar-refractivity contribution in [1.29, 1.82) is 0 Å². The number of aromatic nitrogens is 4. The zero-order valence-corrected chi connectivity index (χ0v) is 41.8. The highest BCUT2D eigenvalue weighted by molar-refractivity contribution is 6.25. The van der Waals surface area contributed by atoms with Gasteiger partial charge in [0, 0.05) is 69.3 Å². The Morgan fingerprint density at radius 3 is 2.03 bits per heavy atom. The van der Waals surface area contributed by atoms with E-state index in [1.54, 1.807) is 13.8 Å². The predicted octanol–water partition coefficient (Wildman–Crippen LogP) is 12.6. The van der Waals surface area contributed by atoms with Gasteiger partial charge in [-0.1, -0.05) is 99.0 Å².